The van der Waals surface area contributed by atoms with Crippen LogP contribution in [0.4, 0.5) is 0 Å². The summed E-state index contributed by atoms with van der Waals surface area (Å²) in [5.74, 6) is -0.759. The molecule has 0 fully saturated rings. The highest BCUT2D eigenvalue weighted by molar-refractivity contribution is 7.89. The van der Waals surface area contributed by atoms with E-state index in [-0.39, 0.29) is 4.90 Å². The number of hydrogen-bond acceptors (Lipinski definition) is 3. The molecule has 0 saturated carbocycles. The van der Waals surface area contributed by atoms with Crippen LogP contribution in [0.2, 0.25) is 0 Å². The van der Waals surface area contributed by atoms with Crippen LogP contribution in [0.15, 0.2) is 77.7 Å². The van der Waals surface area contributed by atoms with Gasteiger partial charge in [0.25, 0.3) is 0 Å². The van der Waals surface area contributed by atoms with Crippen LogP contribution in [0.3, 0.4) is 0 Å². The monoisotopic (exact) mass is 340 g/mol. The van der Waals surface area contributed by atoms with Crippen LogP contribution in [0.5, 0.6) is 0 Å². The van der Waals surface area contributed by atoms with Gasteiger partial charge in [0.2, 0.25) is 15.9 Å². The van der Waals surface area contributed by atoms with Crippen molar-refractivity contribution in [3.8, 4) is 0 Å². The van der Waals surface area contributed by atoms with E-state index in [1.165, 1.54) is 6.07 Å². The molecule has 1 atom stereocenters. The fourth-order valence-electron chi connectivity index (χ4n) is 2.49. The molecule has 1 amide bonds. The molecule has 0 aliphatic carbocycles. The van der Waals surface area contributed by atoms with E-state index in [1.54, 1.807) is 42.5 Å². The minimum absolute atomic E-state index is 0.0865. The van der Waals surface area contributed by atoms with Gasteiger partial charge < -0.3 is 5.73 Å². The quantitative estimate of drug-likeness (QED) is 0.747. The second-order valence-corrected chi connectivity index (χ2v) is 7.09. The number of rotatable bonds is 5. The lowest BCUT2D eigenvalue weighted by Gasteiger charge is -2.16. The summed E-state index contributed by atoms with van der Waals surface area (Å²) in [7, 11) is -3.89. The van der Waals surface area contributed by atoms with Crippen molar-refractivity contribution in [1.29, 1.82) is 0 Å². The van der Waals surface area contributed by atoms with Gasteiger partial charge in [0.05, 0.1) is 4.90 Å². The van der Waals surface area contributed by atoms with E-state index in [9.17, 15) is 13.2 Å². The Hall–Kier alpha value is -2.70. The maximum atomic E-state index is 12.6. The number of fused-ring (bicyclic) bond motifs is 1. The Morgan fingerprint density at radius 2 is 1.50 bits per heavy atom. The zero-order chi connectivity index (χ0) is 17.2. The highest BCUT2D eigenvalue weighted by atomic mass is 32.2. The number of nitrogens with one attached hydrogen (secondary N) is 1. The molecule has 3 rings (SSSR count). The van der Waals surface area contributed by atoms with Gasteiger partial charge in [0.15, 0.2) is 0 Å². The second kappa shape index (κ2) is 6.43. The van der Waals surface area contributed by atoms with Gasteiger partial charge in [-0.25, -0.2) is 8.42 Å². The summed E-state index contributed by atoms with van der Waals surface area (Å²) in [6, 6.07) is 19.6. The van der Waals surface area contributed by atoms with Gasteiger partial charge in [-0.1, -0.05) is 60.7 Å². The van der Waals surface area contributed by atoms with Crippen LogP contribution in [0, 0.1) is 0 Å². The van der Waals surface area contributed by atoms with Crippen molar-refractivity contribution in [3.05, 3.63) is 78.4 Å². The Morgan fingerprint density at radius 3 is 2.17 bits per heavy atom. The number of benzene rings is 3. The molecule has 0 radical (unpaired) electrons. The summed E-state index contributed by atoms with van der Waals surface area (Å²) in [5.41, 5.74) is 5.87. The minimum atomic E-state index is -3.89. The first kappa shape index (κ1) is 16.2. The zero-order valence-electron chi connectivity index (χ0n) is 12.7. The fraction of sp³-hybridized carbons (Fsp3) is 0.0556. The molecule has 0 aliphatic heterocycles. The van der Waals surface area contributed by atoms with Crippen LogP contribution < -0.4 is 10.5 Å². The third-order valence-corrected chi connectivity index (χ3v) is 5.14. The molecule has 24 heavy (non-hydrogen) atoms. The van der Waals surface area contributed by atoms with Crippen molar-refractivity contribution in [1.82, 2.24) is 4.72 Å². The van der Waals surface area contributed by atoms with Gasteiger partial charge in [0, 0.05) is 0 Å². The molecule has 3 aromatic carbocycles. The number of carbonyl (C=O) groups is 1. The first-order chi connectivity index (χ1) is 11.5. The molecule has 0 aromatic heterocycles. The Bertz CT molecular complexity index is 985. The Morgan fingerprint density at radius 1 is 0.875 bits per heavy atom. The largest absolute Gasteiger partial charge is 0.368 e. The topological polar surface area (TPSA) is 89.3 Å². The van der Waals surface area contributed by atoms with Gasteiger partial charge in [-0.15, -0.1) is 0 Å². The van der Waals surface area contributed by atoms with Crippen LogP contribution in [-0.2, 0) is 14.8 Å². The summed E-state index contributed by atoms with van der Waals surface area (Å²) >= 11 is 0. The smallest absolute Gasteiger partial charge is 0.241 e. The molecule has 3 N–H and O–H groups in total. The van der Waals surface area contributed by atoms with Crippen LogP contribution in [0.25, 0.3) is 10.8 Å². The van der Waals surface area contributed by atoms with Crippen molar-refractivity contribution in [2.24, 2.45) is 5.73 Å². The van der Waals surface area contributed by atoms with E-state index < -0.39 is 22.0 Å². The number of hydrogen-bond donors (Lipinski definition) is 2. The number of amides is 1. The predicted octanol–water partition coefficient (Wildman–Crippen LogP) is 2.34. The lowest BCUT2D eigenvalue weighted by Crippen LogP contribution is -2.37. The summed E-state index contributed by atoms with van der Waals surface area (Å²) in [4.78, 5) is 11.8. The van der Waals surface area contributed by atoms with Crippen molar-refractivity contribution in [2.75, 3.05) is 0 Å². The zero-order valence-corrected chi connectivity index (χ0v) is 13.5. The predicted molar refractivity (Wildman–Crippen MR) is 92.6 cm³/mol. The van der Waals surface area contributed by atoms with Crippen molar-refractivity contribution in [3.63, 3.8) is 0 Å². The number of carbonyl (C=O) groups excluding carboxylic acids is 1. The van der Waals surface area contributed by atoms with Gasteiger partial charge in [0.1, 0.15) is 6.04 Å². The molecule has 3 aromatic rings. The molecule has 5 nitrogen and oxygen atoms in total. The first-order valence-electron chi connectivity index (χ1n) is 7.33. The lowest BCUT2D eigenvalue weighted by molar-refractivity contribution is -0.119. The lowest BCUT2D eigenvalue weighted by atomic mass is 10.1. The standard InChI is InChI=1S/C18H16N2O3S/c19-18(21)17(14-7-2-1-3-8-14)20-24(22,23)16-11-10-13-6-4-5-9-15(13)12-16/h1-12,17,20H,(H2,19,21). The Kier molecular flexibility index (Phi) is 4.33. The number of nitrogens with two attached hydrogens (primary N) is 1. The summed E-state index contributed by atoms with van der Waals surface area (Å²) < 4.78 is 27.7. The van der Waals surface area contributed by atoms with Crippen molar-refractivity contribution in [2.45, 2.75) is 10.9 Å². The van der Waals surface area contributed by atoms with Gasteiger partial charge in [-0.05, 0) is 28.5 Å². The molecular weight excluding hydrogens is 324 g/mol. The normalized spacial score (nSPS) is 12.8. The van der Waals surface area contributed by atoms with E-state index in [0.29, 0.717) is 5.56 Å². The molecular formula is C18H16N2O3S. The maximum absolute atomic E-state index is 12.6. The third kappa shape index (κ3) is 3.29. The molecule has 0 bridgehead atoms. The fourth-order valence-corrected chi connectivity index (χ4v) is 3.72. The Balaban J connectivity index is 1.97. The summed E-state index contributed by atoms with van der Waals surface area (Å²) in [6.07, 6.45) is 0. The minimum Gasteiger partial charge on any atom is -0.368 e. The summed E-state index contributed by atoms with van der Waals surface area (Å²) in [6.45, 7) is 0. The highest BCUT2D eigenvalue weighted by Crippen LogP contribution is 2.21. The molecule has 122 valence electrons. The van der Waals surface area contributed by atoms with E-state index in [4.69, 9.17) is 5.73 Å². The van der Waals surface area contributed by atoms with Gasteiger partial charge >= 0.3 is 0 Å². The van der Waals surface area contributed by atoms with E-state index >= 15 is 0 Å². The van der Waals surface area contributed by atoms with Gasteiger partial charge in [-0.3, -0.25) is 4.79 Å². The van der Waals surface area contributed by atoms with E-state index in [0.717, 1.165) is 10.8 Å². The number of sulfonamides is 1. The molecule has 0 saturated heterocycles. The summed E-state index contributed by atoms with van der Waals surface area (Å²) in [5, 5.41) is 1.74. The second-order valence-electron chi connectivity index (χ2n) is 5.38. The average molecular weight is 340 g/mol. The molecule has 0 heterocycles. The first-order valence-corrected chi connectivity index (χ1v) is 8.81. The maximum Gasteiger partial charge on any atom is 0.241 e. The third-order valence-electron chi connectivity index (χ3n) is 3.72. The van der Waals surface area contributed by atoms with Crippen LogP contribution in [-0.4, -0.2) is 14.3 Å². The van der Waals surface area contributed by atoms with Crippen LogP contribution in [0.1, 0.15) is 11.6 Å². The van der Waals surface area contributed by atoms with Crippen molar-refractivity contribution < 1.29 is 13.2 Å². The van der Waals surface area contributed by atoms with E-state index in [1.807, 2.05) is 24.3 Å². The SMILES string of the molecule is NC(=O)C(NS(=O)(=O)c1ccc2ccccc2c1)c1ccccc1. The Labute approximate surface area is 140 Å². The average Bonchev–Trinajstić information content (AvgIpc) is 2.60. The van der Waals surface area contributed by atoms with Crippen molar-refractivity contribution >= 4 is 26.7 Å². The number of primary amides is 1. The molecule has 6 heteroatoms. The molecule has 0 aliphatic rings. The molecule has 0 spiro atoms. The van der Waals surface area contributed by atoms with E-state index in [2.05, 4.69) is 4.72 Å². The van der Waals surface area contributed by atoms with Gasteiger partial charge in [-0.2, -0.15) is 4.72 Å². The van der Waals surface area contributed by atoms with Crippen LogP contribution >= 0.6 is 0 Å². The highest BCUT2D eigenvalue weighted by Gasteiger charge is 2.25. The molecule has 1 unspecified atom stereocenters.